The van der Waals surface area contributed by atoms with Crippen molar-refractivity contribution in [3.05, 3.63) is 53.0 Å². The van der Waals surface area contributed by atoms with Gasteiger partial charge in [-0.05, 0) is 31.9 Å². The number of carbonyl (C=O) groups excluding carboxylic acids is 1. The highest BCUT2D eigenvalue weighted by molar-refractivity contribution is 6.31. The van der Waals surface area contributed by atoms with Gasteiger partial charge in [-0.25, -0.2) is 8.78 Å². The molecule has 54 heavy (non-hydrogen) atoms. The Morgan fingerprint density at radius 3 is 2.80 bits per heavy atom. The largest absolute Gasteiger partial charge is 0.461 e. The molecule has 1 amide bonds. The molecule has 5 atom stereocenters. The SMILES string of the molecule is N#CC[C@H]1CN(c2nc(OC[C@@]34CCCN3C[C@H](F)C4)nc3c(F)c(-c4cccc(Cl)c4C(F)(F)F)ncc23)CCN1C(=O)/C=C/CN1C[C@H]2C[C@@H]1CO2. The monoisotopic (exact) mass is 772 g/mol. The number of ether oxygens (including phenoxy) is 2. The zero-order chi connectivity index (χ0) is 37.8. The van der Waals surface area contributed by atoms with Crippen LogP contribution in [0.2, 0.25) is 5.02 Å². The van der Waals surface area contributed by atoms with Crippen LogP contribution in [0, 0.1) is 17.1 Å². The van der Waals surface area contributed by atoms with Crippen molar-refractivity contribution < 1.29 is 36.2 Å². The van der Waals surface area contributed by atoms with Gasteiger partial charge in [0.05, 0.1) is 52.8 Å². The Kier molecular flexibility index (Phi) is 9.87. The fraction of sp³-hybridized carbons (Fsp3) is 0.541. The second kappa shape index (κ2) is 14.5. The highest BCUT2D eigenvalue weighted by Gasteiger charge is 2.49. The number of pyridine rings is 1. The first-order valence-electron chi connectivity index (χ1n) is 18.1. The van der Waals surface area contributed by atoms with Crippen molar-refractivity contribution in [2.75, 3.05) is 63.9 Å². The van der Waals surface area contributed by atoms with E-state index in [1.165, 1.54) is 18.3 Å². The van der Waals surface area contributed by atoms with Gasteiger partial charge in [-0.3, -0.25) is 19.6 Å². The van der Waals surface area contributed by atoms with Crippen LogP contribution in [0.15, 0.2) is 36.5 Å². The Morgan fingerprint density at radius 2 is 2.04 bits per heavy atom. The summed E-state index contributed by atoms with van der Waals surface area (Å²) in [7, 11) is 0. The molecule has 286 valence electrons. The highest BCUT2D eigenvalue weighted by atomic mass is 35.5. The summed E-state index contributed by atoms with van der Waals surface area (Å²) >= 11 is 5.97. The summed E-state index contributed by atoms with van der Waals surface area (Å²) in [4.78, 5) is 34.3. The molecule has 0 aliphatic carbocycles. The molecule has 5 saturated heterocycles. The molecular weight excluding hydrogens is 735 g/mol. The molecule has 8 rings (SSSR count). The number of nitriles is 1. The number of halogens is 6. The quantitative estimate of drug-likeness (QED) is 0.207. The number of hydrogen-bond donors (Lipinski definition) is 0. The Bertz CT molecular complexity index is 2010. The Morgan fingerprint density at radius 1 is 1.19 bits per heavy atom. The van der Waals surface area contributed by atoms with E-state index in [1.807, 2.05) is 11.0 Å². The van der Waals surface area contributed by atoms with E-state index in [0.29, 0.717) is 32.2 Å². The lowest BCUT2D eigenvalue weighted by atomic mass is 9.95. The van der Waals surface area contributed by atoms with Gasteiger partial charge in [0.2, 0.25) is 5.91 Å². The molecule has 11 nitrogen and oxygen atoms in total. The number of morpholine rings is 1. The summed E-state index contributed by atoms with van der Waals surface area (Å²) in [6.07, 6.45) is 1.69. The number of piperazine rings is 1. The van der Waals surface area contributed by atoms with Gasteiger partial charge in [-0.15, -0.1) is 0 Å². The average Bonchev–Trinajstić information content (AvgIpc) is 3.92. The number of hydrogen-bond acceptors (Lipinski definition) is 10. The first-order chi connectivity index (χ1) is 25.9. The summed E-state index contributed by atoms with van der Waals surface area (Å²) in [5.74, 6) is -1.19. The van der Waals surface area contributed by atoms with Gasteiger partial charge < -0.3 is 19.3 Å². The van der Waals surface area contributed by atoms with Crippen molar-refractivity contribution >= 4 is 34.2 Å². The van der Waals surface area contributed by atoms with Crippen LogP contribution in [-0.4, -0.2) is 124 Å². The molecule has 0 saturated carbocycles. The molecule has 0 N–H and O–H groups in total. The zero-order valence-electron chi connectivity index (χ0n) is 29.2. The van der Waals surface area contributed by atoms with Gasteiger partial charge in [0.15, 0.2) is 5.82 Å². The lowest BCUT2D eigenvalue weighted by Gasteiger charge is -2.41. The van der Waals surface area contributed by atoms with E-state index in [1.54, 1.807) is 9.80 Å². The van der Waals surface area contributed by atoms with E-state index in [4.69, 9.17) is 21.1 Å². The molecule has 1 aromatic carbocycles. The number of alkyl halides is 4. The fourth-order valence-corrected chi connectivity index (χ4v) is 9.16. The number of amides is 1. The van der Waals surface area contributed by atoms with Gasteiger partial charge in [0, 0.05) is 69.6 Å². The van der Waals surface area contributed by atoms with Crippen LogP contribution in [0.1, 0.15) is 37.7 Å². The van der Waals surface area contributed by atoms with Crippen molar-refractivity contribution in [1.82, 2.24) is 29.7 Å². The zero-order valence-corrected chi connectivity index (χ0v) is 30.0. The molecular formula is C37H38ClF5N8O3. The Labute approximate surface area is 313 Å². The minimum atomic E-state index is -4.91. The summed E-state index contributed by atoms with van der Waals surface area (Å²) in [5, 5.41) is 9.23. The third-order valence-electron chi connectivity index (χ3n) is 11.4. The molecule has 2 bridgehead atoms. The van der Waals surface area contributed by atoms with E-state index in [2.05, 4.69) is 25.9 Å². The molecule has 2 aromatic heterocycles. The van der Waals surface area contributed by atoms with Gasteiger partial charge in [0.25, 0.3) is 0 Å². The normalized spacial score (nSPS) is 27.4. The van der Waals surface area contributed by atoms with Crippen molar-refractivity contribution in [1.29, 1.82) is 5.26 Å². The second-order valence-electron chi connectivity index (χ2n) is 14.7. The molecule has 5 fully saturated rings. The third-order valence-corrected chi connectivity index (χ3v) is 11.7. The summed E-state index contributed by atoms with van der Waals surface area (Å²) < 4.78 is 85.5. The summed E-state index contributed by atoms with van der Waals surface area (Å²) in [6.45, 7) is 3.74. The molecule has 5 aliphatic rings. The van der Waals surface area contributed by atoms with Crippen molar-refractivity contribution in [2.45, 2.75) is 68.2 Å². The standard InChI is InChI=1S/C37H38ClF5N8O3/c38-28-5-1-4-26(30(28)37(41,42)43)32-31(40)33-27(16-45-32)34(47-35(46-33)54-21-36-8-3-11-50(36)17-22(39)15-36)49-12-13-51(23(18-49)7-9-44)29(52)6-2-10-48-19-25-14-24(48)20-53-25/h1-2,4-6,16,22-25H,3,7-8,10-15,17-21H2/b6-2+/t22-,23+,24-,25-,36+/m1/s1. The lowest BCUT2D eigenvalue weighted by Crippen LogP contribution is -2.55. The molecule has 17 heteroatoms. The van der Waals surface area contributed by atoms with E-state index < -0.39 is 51.6 Å². The van der Waals surface area contributed by atoms with E-state index >= 15 is 4.39 Å². The number of aromatic nitrogens is 3. The van der Waals surface area contributed by atoms with Crippen LogP contribution in [0.25, 0.3) is 22.2 Å². The average molecular weight is 773 g/mol. The van der Waals surface area contributed by atoms with Gasteiger partial charge >= 0.3 is 12.2 Å². The minimum absolute atomic E-state index is 0.00414. The number of carbonyl (C=O) groups is 1. The topological polar surface area (TPSA) is 111 Å². The van der Waals surface area contributed by atoms with Crippen molar-refractivity contribution in [3.8, 4) is 23.3 Å². The minimum Gasteiger partial charge on any atom is -0.461 e. The Hall–Kier alpha value is -4.17. The molecule has 7 heterocycles. The van der Waals surface area contributed by atoms with Crippen LogP contribution in [0.3, 0.4) is 0 Å². The Balaban J connectivity index is 1.11. The summed E-state index contributed by atoms with van der Waals surface area (Å²) in [5.41, 5.74) is -3.31. The van der Waals surface area contributed by atoms with E-state index in [-0.39, 0.29) is 80.4 Å². The van der Waals surface area contributed by atoms with Crippen LogP contribution in [0.5, 0.6) is 6.01 Å². The maximum Gasteiger partial charge on any atom is 0.418 e. The molecule has 5 aliphatic heterocycles. The molecule has 0 unspecified atom stereocenters. The predicted octanol–water partition coefficient (Wildman–Crippen LogP) is 5.42. The predicted molar refractivity (Wildman–Crippen MR) is 188 cm³/mol. The maximum atomic E-state index is 16.6. The van der Waals surface area contributed by atoms with Gasteiger partial charge in [-0.2, -0.15) is 28.4 Å². The second-order valence-corrected chi connectivity index (χ2v) is 15.1. The van der Waals surface area contributed by atoms with Gasteiger partial charge in [0.1, 0.15) is 29.8 Å². The smallest absolute Gasteiger partial charge is 0.418 e. The highest BCUT2D eigenvalue weighted by Crippen LogP contribution is 2.44. The maximum absolute atomic E-state index is 16.6. The molecule has 0 spiro atoms. The van der Waals surface area contributed by atoms with Crippen LogP contribution in [-0.2, 0) is 15.7 Å². The number of nitrogens with zero attached hydrogens (tertiary/aromatic N) is 8. The van der Waals surface area contributed by atoms with Crippen LogP contribution < -0.4 is 9.64 Å². The fourth-order valence-electron chi connectivity index (χ4n) is 8.88. The van der Waals surface area contributed by atoms with Crippen LogP contribution >= 0.6 is 11.6 Å². The third kappa shape index (κ3) is 6.84. The molecule has 3 aromatic rings. The lowest BCUT2D eigenvalue weighted by molar-refractivity contribution is -0.137. The number of benzene rings is 1. The summed E-state index contributed by atoms with van der Waals surface area (Å²) in [6, 6.07) is 5.15. The molecule has 0 radical (unpaired) electrons. The number of likely N-dealkylation sites (tertiary alicyclic amines) is 1. The van der Waals surface area contributed by atoms with E-state index in [0.717, 1.165) is 31.5 Å². The van der Waals surface area contributed by atoms with Crippen LogP contribution in [0.4, 0.5) is 27.8 Å². The van der Waals surface area contributed by atoms with Crippen molar-refractivity contribution in [3.63, 3.8) is 0 Å². The van der Waals surface area contributed by atoms with E-state index in [9.17, 15) is 27.6 Å². The number of fused-ring (bicyclic) bond motifs is 4. The number of rotatable bonds is 9. The van der Waals surface area contributed by atoms with Gasteiger partial charge in [-0.1, -0.05) is 29.8 Å². The number of anilines is 1. The first kappa shape index (κ1) is 36.8. The first-order valence-corrected chi connectivity index (χ1v) is 18.5. The van der Waals surface area contributed by atoms with Crippen molar-refractivity contribution in [2.24, 2.45) is 0 Å².